The second-order valence-corrected chi connectivity index (χ2v) is 6.68. The van der Waals surface area contributed by atoms with Gasteiger partial charge in [-0.1, -0.05) is 44.2 Å². The molecule has 0 bridgehead atoms. The molecule has 26 heavy (non-hydrogen) atoms. The lowest BCUT2D eigenvalue weighted by atomic mass is 10.1. The van der Waals surface area contributed by atoms with E-state index < -0.39 is 0 Å². The van der Waals surface area contributed by atoms with Crippen molar-refractivity contribution in [3.05, 3.63) is 72.2 Å². The van der Waals surface area contributed by atoms with E-state index in [1.807, 2.05) is 37.3 Å². The van der Waals surface area contributed by atoms with Crippen LogP contribution >= 0.6 is 0 Å². The van der Waals surface area contributed by atoms with E-state index in [2.05, 4.69) is 24.3 Å². The zero-order valence-electron chi connectivity index (χ0n) is 15.1. The number of amides is 1. The average Bonchev–Trinajstić information content (AvgIpc) is 3.08. The minimum atomic E-state index is -0.330. The molecule has 3 aromatic rings. The summed E-state index contributed by atoms with van der Waals surface area (Å²) in [6.45, 7) is 6.08. The van der Waals surface area contributed by atoms with Crippen molar-refractivity contribution in [3.63, 3.8) is 0 Å². The molecule has 0 spiro atoms. The normalized spacial score (nSPS) is 12.2. The fourth-order valence-corrected chi connectivity index (χ4v) is 2.52. The van der Waals surface area contributed by atoms with Crippen LogP contribution in [0.15, 0.2) is 60.7 Å². The van der Waals surface area contributed by atoms with Gasteiger partial charge in [-0.15, -0.1) is 0 Å². The second kappa shape index (κ2) is 7.52. The van der Waals surface area contributed by atoms with Gasteiger partial charge in [0.25, 0.3) is 5.91 Å². The maximum absolute atomic E-state index is 13.3. The van der Waals surface area contributed by atoms with Crippen LogP contribution in [-0.2, 0) is 0 Å². The van der Waals surface area contributed by atoms with Crippen LogP contribution in [0.5, 0.6) is 0 Å². The Kier molecular flexibility index (Phi) is 5.16. The molecule has 1 aromatic heterocycles. The molecule has 0 unspecified atom stereocenters. The van der Waals surface area contributed by atoms with Gasteiger partial charge in [0.15, 0.2) is 0 Å². The van der Waals surface area contributed by atoms with Gasteiger partial charge >= 0.3 is 0 Å². The lowest BCUT2D eigenvalue weighted by Crippen LogP contribution is -2.37. The first-order chi connectivity index (χ1) is 12.5. The van der Waals surface area contributed by atoms with Crippen LogP contribution in [0, 0.1) is 11.7 Å². The van der Waals surface area contributed by atoms with Crippen molar-refractivity contribution in [2.45, 2.75) is 26.8 Å². The SMILES string of the molecule is CC(C)[C@@H](C)NC(=O)c1cc(-c2ccccc2)nn1-c1ccc(F)cc1. The molecule has 0 aliphatic heterocycles. The van der Waals surface area contributed by atoms with Crippen molar-refractivity contribution in [2.24, 2.45) is 5.92 Å². The van der Waals surface area contributed by atoms with Crippen molar-refractivity contribution in [2.75, 3.05) is 0 Å². The molecule has 1 amide bonds. The molecule has 0 aliphatic carbocycles. The lowest BCUT2D eigenvalue weighted by Gasteiger charge is -2.17. The lowest BCUT2D eigenvalue weighted by molar-refractivity contribution is 0.0922. The van der Waals surface area contributed by atoms with Crippen LogP contribution in [0.3, 0.4) is 0 Å². The zero-order valence-corrected chi connectivity index (χ0v) is 15.1. The summed E-state index contributed by atoms with van der Waals surface area (Å²) >= 11 is 0. The van der Waals surface area contributed by atoms with E-state index in [1.54, 1.807) is 22.9 Å². The predicted octanol–water partition coefficient (Wildman–Crippen LogP) is 4.45. The number of aromatic nitrogens is 2. The topological polar surface area (TPSA) is 46.9 Å². The third kappa shape index (κ3) is 3.82. The molecule has 134 valence electrons. The molecule has 0 saturated carbocycles. The van der Waals surface area contributed by atoms with Crippen LogP contribution in [0.25, 0.3) is 16.9 Å². The number of carbonyl (C=O) groups excluding carboxylic acids is 1. The van der Waals surface area contributed by atoms with Crippen LogP contribution < -0.4 is 5.32 Å². The van der Waals surface area contributed by atoms with Crippen LogP contribution in [0.1, 0.15) is 31.3 Å². The number of rotatable bonds is 5. The first-order valence-electron chi connectivity index (χ1n) is 8.68. The van der Waals surface area contributed by atoms with Gasteiger partial charge in [0, 0.05) is 11.6 Å². The van der Waals surface area contributed by atoms with Crippen molar-refractivity contribution in [1.82, 2.24) is 15.1 Å². The summed E-state index contributed by atoms with van der Waals surface area (Å²) in [4.78, 5) is 12.8. The van der Waals surface area contributed by atoms with Gasteiger partial charge in [-0.2, -0.15) is 5.10 Å². The van der Waals surface area contributed by atoms with E-state index in [0.717, 1.165) is 5.56 Å². The number of nitrogens with one attached hydrogen (secondary N) is 1. The molecular weight excluding hydrogens is 329 g/mol. The highest BCUT2D eigenvalue weighted by atomic mass is 19.1. The van der Waals surface area contributed by atoms with Crippen LogP contribution in [0.4, 0.5) is 4.39 Å². The van der Waals surface area contributed by atoms with Crippen molar-refractivity contribution >= 4 is 5.91 Å². The minimum Gasteiger partial charge on any atom is -0.348 e. The number of halogens is 1. The van der Waals surface area contributed by atoms with Gasteiger partial charge in [0.1, 0.15) is 11.5 Å². The fraction of sp³-hybridized carbons (Fsp3) is 0.238. The Morgan fingerprint density at radius 2 is 1.69 bits per heavy atom. The Labute approximate surface area is 152 Å². The number of hydrogen-bond acceptors (Lipinski definition) is 2. The average molecular weight is 351 g/mol. The summed E-state index contributed by atoms with van der Waals surface area (Å²) < 4.78 is 14.8. The van der Waals surface area contributed by atoms with Crippen molar-refractivity contribution in [3.8, 4) is 16.9 Å². The summed E-state index contributed by atoms with van der Waals surface area (Å²) in [7, 11) is 0. The zero-order chi connectivity index (χ0) is 18.7. The second-order valence-electron chi connectivity index (χ2n) is 6.68. The number of nitrogens with zero attached hydrogens (tertiary/aromatic N) is 2. The summed E-state index contributed by atoms with van der Waals surface area (Å²) in [5.41, 5.74) is 2.66. The molecule has 2 aromatic carbocycles. The molecule has 5 heteroatoms. The summed E-state index contributed by atoms with van der Waals surface area (Å²) in [6, 6.07) is 17.4. The maximum Gasteiger partial charge on any atom is 0.270 e. The van der Waals surface area contributed by atoms with Crippen LogP contribution in [0.2, 0.25) is 0 Å². The van der Waals surface area contributed by atoms with Gasteiger partial charge in [-0.25, -0.2) is 9.07 Å². The third-order valence-corrected chi connectivity index (χ3v) is 4.44. The number of hydrogen-bond donors (Lipinski definition) is 1. The Balaban J connectivity index is 2.04. The molecule has 0 fully saturated rings. The number of benzene rings is 2. The summed E-state index contributed by atoms with van der Waals surface area (Å²) in [5.74, 6) is -0.219. The van der Waals surface area contributed by atoms with Crippen molar-refractivity contribution in [1.29, 1.82) is 0 Å². The Morgan fingerprint density at radius 3 is 2.31 bits per heavy atom. The predicted molar refractivity (Wildman–Crippen MR) is 101 cm³/mol. The Hall–Kier alpha value is -2.95. The monoisotopic (exact) mass is 351 g/mol. The standard InChI is InChI=1S/C21H22FN3O/c1-14(2)15(3)23-21(26)20-13-19(16-7-5-4-6-8-16)24-25(20)18-11-9-17(22)10-12-18/h4-15H,1-3H3,(H,23,26)/t15-/m1/s1. The third-order valence-electron chi connectivity index (χ3n) is 4.44. The molecule has 3 rings (SSSR count). The molecule has 0 saturated heterocycles. The van der Waals surface area contributed by atoms with E-state index in [4.69, 9.17) is 0 Å². The molecule has 1 atom stereocenters. The molecule has 1 N–H and O–H groups in total. The van der Waals surface area contributed by atoms with E-state index in [-0.39, 0.29) is 17.8 Å². The molecular formula is C21H22FN3O. The Morgan fingerprint density at radius 1 is 1.04 bits per heavy atom. The van der Waals surface area contributed by atoms with Gasteiger partial charge in [0.2, 0.25) is 0 Å². The summed E-state index contributed by atoms with van der Waals surface area (Å²) in [6.07, 6.45) is 0. The van der Waals surface area contributed by atoms with Gasteiger partial charge < -0.3 is 5.32 Å². The van der Waals surface area contributed by atoms with E-state index in [1.165, 1.54) is 12.1 Å². The van der Waals surface area contributed by atoms with Gasteiger partial charge in [0.05, 0.1) is 11.4 Å². The highest BCUT2D eigenvalue weighted by Crippen LogP contribution is 2.22. The van der Waals surface area contributed by atoms with Crippen molar-refractivity contribution < 1.29 is 9.18 Å². The molecule has 0 aliphatic rings. The smallest absolute Gasteiger partial charge is 0.270 e. The highest BCUT2D eigenvalue weighted by Gasteiger charge is 2.20. The maximum atomic E-state index is 13.3. The Bertz CT molecular complexity index is 885. The number of carbonyl (C=O) groups is 1. The molecule has 4 nitrogen and oxygen atoms in total. The highest BCUT2D eigenvalue weighted by molar-refractivity contribution is 5.94. The van der Waals surface area contributed by atoms with Crippen LogP contribution in [-0.4, -0.2) is 21.7 Å². The van der Waals surface area contributed by atoms with E-state index >= 15 is 0 Å². The first-order valence-corrected chi connectivity index (χ1v) is 8.68. The quantitative estimate of drug-likeness (QED) is 0.738. The first kappa shape index (κ1) is 17.9. The fourth-order valence-electron chi connectivity index (χ4n) is 2.52. The van der Waals surface area contributed by atoms with E-state index in [9.17, 15) is 9.18 Å². The van der Waals surface area contributed by atoms with Gasteiger partial charge in [-0.3, -0.25) is 4.79 Å². The minimum absolute atomic E-state index is 0.0271. The molecule has 1 heterocycles. The summed E-state index contributed by atoms with van der Waals surface area (Å²) in [5, 5.41) is 7.60. The molecule has 0 radical (unpaired) electrons. The van der Waals surface area contributed by atoms with E-state index in [0.29, 0.717) is 23.0 Å². The largest absolute Gasteiger partial charge is 0.348 e. The van der Waals surface area contributed by atoms with Gasteiger partial charge in [-0.05, 0) is 43.2 Å².